The second-order valence-electron chi connectivity index (χ2n) is 4.20. The molecular weight excluding hydrogens is 306 g/mol. The number of nitrogens with zero attached hydrogens (tertiary/aromatic N) is 1. The number of aliphatic hydroxyl groups is 1. The highest BCUT2D eigenvalue weighted by atomic mass is 79.9. The summed E-state index contributed by atoms with van der Waals surface area (Å²) in [5.41, 5.74) is 1.83. The summed E-state index contributed by atoms with van der Waals surface area (Å²) < 4.78 is 6.39. The van der Waals surface area contributed by atoms with Gasteiger partial charge >= 0.3 is 0 Å². The van der Waals surface area contributed by atoms with Crippen LogP contribution in [0.5, 0.6) is 5.75 Å². The van der Waals surface area contributed by atoms with Crippen LogP contribution >= 0.6 is 15.9 Å². The Morgan fingerprint density at radius 2 is 2.11 bits per heavy atom. The molecule has 1 unspecified atom stereocenters. The van der Waals surface area contributed by atoms with Gasteiger partial charge < -0.3 is 9.84 Å². The number of ether oxygens (including phenoxy) is 1. The van der Waals surface area contributed by atoms with Gasteiger partial charge in [-0.1, -0.05) is 34.1 Å². The van der Waals surface area contributed by atoms with E-state index in [1.54, 1.807) is 12.4 Å². The van der Waals surface area contributed by atoms with Gasteiger partial charge in [-0.05, 0) is 24.6 Å². The van der Waals surface area contributed by atoms with Gasteiger partial charge in [-0.25, -0.2) is 0 Å². The van der Waals surface area contributed by atoms with Crippen molar-refractivity contribution in [2.75, 3.05) is 6.61 Å². The van der Waals surface area contributed by atoms with Crippen molar-refractivity contribution in [1.29, 1.82) is 0 Å². The lowest BCUT2D eigenvalue weighted by molar-refractivity contribution is 0.177. The topological polar surface area (TPSA) is 42.4 Å². The fraction of sp³-hybridized carbons (Fsp3) is 0.267. The SMILES string of the molecule is CCOc1cncc(C(O)Cc2ccccc2Br)c1. The van der Waals surface area contributed by atoms with Crippen molar-refractivity contribution in [3.8, 4) is 5.75 Å². The molecule has 2 aromatic rings. The van der Waals surface area contributed by atoms with Gasteiger partial charge in [0.1, 0.15) is 5.75 Å². The van der Waals surface area contributed by atoms with Crippen LogP contribution < -0.4 is 4.74 Å². The molecule has 0 amide bonds. The lowest BCUT2D eigenvalue weighted by atomic mass is 10.0. The van der Waals surface area contributed by atoms with Crippen molar-refractivity contribution in [1.82, 2.24) is 4.98 Å². The smallest absolute Gasteiger partial charge is 0.137 e. The van der Waals surface area contributed by atoms with Gasteiger partial charge in [0.2, 0.25) is 0 Å². The maximum atomic E-state index is 10.3. The molecule has 1 aromatic carbocycles. The molecule has 1 aromatic heterocycles. The third-order valence-corrected chi connectivity index (χ3v) is 3.57. The normalized spacial score (nSPS) is 12.2. The summed E-state index contributed by atoms with van der Waals surface area (Å²) in [5.74, 6) is 0.686. The first-order chi connectivity index (χ1) is 9.20. The van der Waals surface area contributed by atoms with E-state index in [2.05, 4.69) is 20.9 Å². The molecule has 1 N–H and O–H groups in total. The van der Waals surface area contributed by atoms with Crippen molar-refractivity contribution >= 4 is 15.9 Å². The van der Waals surface area contributed by atoms with E-state index in [1.807, 2.05) is 37.3 Å². The van der Waals surface area contributed by atoms with Gasteiger partial charge in [0.25, 0.3) is 0 Å². The Bertz CT molecular complexity index is 545. The molecule has 1 atom stereocenters. The number of aliphatic hydroxyl groups excluding tert-OH is 1. The van der Waals surface area contributed by atoms with Crippen LogP contribution in [-0.2, 0) is 6.42 Å². The summed E-state index contributed by atoms with van der Waals surface area (Å²) in [4.78, 5) is 4.09. The Balaban J connectivity index is 2.13. The first kappa shape index (κ1) is 14.0. The molecule has 100 valence electrons. The molecule has 0 bridgehead atoms. The van der Waals surface area contributed by atoms with Crippen LogP contribution in [0.4, 0.5) is 0 Å². The van der Waals surface area contributed by atoms with Crippen LogP contribution in [0.2, 0.25) is 0 Å². The van der Waals surface area contributed by atoms with E-state index in [-0.39, 0.29) is 0 Å². The Labute approximate surface area is 121 Å². The molecule has 0 saturated heterocycles. The Kier molecular flexibility index (Phi) is 4.93. The van der Waals surface area contributed by atoms with Crippen molar-refractivity contribution in [2.24, 2.45) is 0 Å². The molecule has 2 rings (SSSR count). The first-order valence-corrected chi connectivity index (χ1v) is 6.99. The van der Waals surface area contributed by atoms with E-state index in [0.717, 1.165) is 15.6 Å². The van der Waals surface area contributed by atoms with Crippen LogP contribution in [0.1, 0.15) is 24.2 Å². The Hall–Kier alpha value is -1.39. The largest absolute Gasteiger partial charge is 0.492 e. The summed E-state index contributed by atoms with van der Waals surface area (Å²) >= 11 is 3.49. The minimum atomic E-state index is -0.591. The molecule has 0 aliphatic rings. The minimum Gasteiger partial charge on any atom is -0.492 e. The van der Waals surface area contributed by atoms with Crippen LogP contribution in [0.3, 0.4) is 0 Å². The van der Waals surface area contributed by atoms with Crippen molar-refractivity contribution in [2.45, 2.75) is 19.4 Å². The summed E-state index contributed by atoms with van der Waals surface area (Å²) in [6.45, 7) is 2.51. The van der Waals surface area contributed by atoms with Gasteiger partial charge in [-0.15, -0.1) is 0 Å². The lowest BCUT2D eigenvalue weighted by Gasteiger charge is -2.13. The lowest BCUT2D eigenvalue weighted by Crippen LogP contribution is -2.04. The van der Waals surface area contributed by atoms with E-state index in [0.29, 0.717) is 18.8 Å². The molecule has 0 radical (unpaired) electrons. The monoisotopic (exact) mass is 321 g/mol. The van der Waals surface area contributed by atoms with E-state index in [9.17, 15) is 5.11 Å². The predicted octanol–water partition coefficient (Wildman–Crippen LogP) is 3.52. The zero-order chi connectivity index (χ0) is 13.7. The van der Waals surface area contributed by atoms with Gasteiger partial charge in [-0.3, -0.25) is 4.98 Å². The number of pyridine rings is 1. The quantitative estimate of drug-likeness (QED) is 0.916. The van der Waals surface area contributed by atoms with Gasteiger partial charge in [0, 0.05) is 22.7 Å². The summed E-state index contributed by atoms with van der Waals surface area (Å²) in [6, 6.07) is 9.71. The summed E-state index contributed by atoms with van der Waals surface area (Å²) in [6.07, 6.45) is 3.27. The van der Waals surface area contributed by atoms with Crippen molar-refractivity contribution < 1.29 is 9.84 Å². The molecule has 3 nitrogen and oxygen atoms in total. The number of hydrogen-bond donors (Lipinski definition) is 1. The average molecular weight is 322 g/mol. The molecule has 0 spiro atoms. The van der Waals surface area contributed by atoms with E-state index in [1.165, 1.54) is 0 Å². The molecule has 4 heteroatoms. The van der Waals surface area contributed by atoms with Crippen molar-refractivity contribution in [3.63, 3.8) is 0 Å². The highest BCUT2D eigenvalue weighted by Crippen LogP contribution is 2.25. The molecule has 0 aliphatic heterocycles. The number of rotatable bonds is 5. The molecule has 0 saturated carbocycles. The second kappa shape index (κ2) is 6.68. The maximum Gasteiger partial charge on any atom is 0.137 e. The predicted molar refractivity (Wildman–Crippen MR) is 78.2 cm³/mol. The highest BCUT2D eigenvalue weighted by Gasteiger charge is 2.11. The Morgan fingerprint density at radius 3 is 2.84 bits per heavy atom. The van der Waals surface area contributed by atoms with E-state index >= 15 is 0 Å². The third-order valence-electron chi connectivity index (χ3n) is 2.80. The highest BCUT2D eigenvalue weighted by molar-refractivity contribution is 9.10. The third kappa shape index (κ3) is 3.78. The van der Waals surface area contributed by atoms with E-state index < -0.39 is 6.10 Å². The maximum absolute atomic E-state index is 10.3. The summed E-state index contributed by atoms with van der Waals surface area (Å²) in [5, 5.41) is 10.3. The molecule has 0 fully saturated rings. The van der Waals surface area contributed by atoms with Crippen LogP contribution in [-0.4, -0.2) is 16.7 Å². The van der Waals surface area contributed by atoms with Gasteiger partial charge in [-0.2, -0.15) is 0 Å². The Morgan fingerprint density at radius 1 is 1.32 bits per heavy atom. The number of halogens is 1. The minimum absolute atomic E-state index is 0.540. The van der Waals surface area contributed by atoms with Gasteiger partial charge in [0.05, 0.1) is 18.9 Å². The number of aromatic nitrogens is 1. The summed E-state index contributed by atoms with van der Waals surface area (Å²) in [7, 11) is 0. The fourth-order valence-electron chi connectivity index (χ4n) is 1.85. The zero-order valence-electron chi connectivity index (χ0n) is 10.7. The second-order valence-corrected chi connectivity index (χ2v) is 5.05. The van der Waals surface area contributed by atoms with E-state index in [4.69, 9.17) is 4.74 Å². The van der Waals surface area contributed by atoms with Crippen molar-refractivity contribution in [3.05, 3.63) is 58.3 Å². The molecule has 19 heavy (non-hydrogen) atoms. The molecule has 0 aliphatic carbocycles. The molecule has 1 heterocycles. The van der Waals surface area contributed by atoms with Crippen LogP contribution in [0.15, 0.2) is 47.2 Å². The van der Waals surface area contributed by atoms with Crippen LogP contribution in [0, 0.1) is 0 Å². The fourth-order valence-corrected chi connectivity index (χ4v) is 2.30. The average Bonchev–Trinajstić information content (AvgIpc) is 2.42. The zero-order valence-corrected chi connectivity index (χ0v) is 12.3. The molecular formula is C15H16BrNO2. The van der Waals surface area contributed by atoms with Gasteiger partial charge in [0.15, 0.2) is 0 Å². The number of hydrogen-bond acceptors (Lipinski definition) is 3. The number of benzene rings is 1. The van der Waals surface area contributed by atoms with Crippen LogP contribution in [0.25, 0.3) is 0 Å². The first-order valence-electron chi connectivity index (χ1n) is 6.20. The standard InChI is InChI=1S/C15H16BrNO2/c1-2-19-13-7-12(9-17-10-13)15(18)8-11-5-3-4-6-14(11)16/h3-7,9-10,15,18H,2,8H2,1H3.